The number of hydrogen-bond acceptors (Lipinski definition) is 9. The van der Waals surface area contributed by atoms with Crippen molar-refractivity contribution in [2.24, 2.45) is 0 Å². The summed E-state index contributed by atoms with van der Waals surface area (Å²) in [6, 6.07) is 7.85. The van der Waals surface area contributed by atoms with E-state index in [1.54, 1.807) is 24.3 Å². The van der Waals surface area contributed by atoms with Gasteiger partial charge in [-0.2, -0.15) is 23.1 Å². The Kier molecular flexibility index (Phi) is 6.34. The third kappa shape index (κ3) is 5.51. The fourth-order valence-corrected chi connectivity index (χ4v) is 3.18. The molecule has 0 fully saturated rings. The Labute approximate surface area is 181 Å². The number of alkyl halides is 3. The molecule has 2 heterocycles. The van der Waals surface area contributed by atoms with Gasteiger partial charge < -0.3 is 11.1 Å². The van der Waals surface area contributed by atoms with Gasteiger partial charge in [0.1, 0.15) is 17.2 Å². The molecule has 4 N–H and O–H groups in total. The molecule has 2 aromatic heterocycles. The quantitative estimate of drug-likeness (QED) is 0.477. The molecule has 0 aliphatic heterocycles. The minimum Gasteiger partial charge on any atom is -0.384 e. The lowest BCUT2D eigenvalue weighted by Gasteiger charge is -2.21. The molecule has 14 heteroatoms. The number of anilines is 5. The predicted octanol–water partition coefficient (Wildman–Crippen LogP) is 2.62. The summed E-state index contributed by atoms with van der Waals surface area (Å²) >= 11 is 0. The summed E-state index contributed by atoms with van der Waals surface area (Å²) in [4.78, 5) is 15.4. The Balaban J connectivity index is 1.92. The van der Waals surface area contributed by atoms with E-state index in [1.165, 1.54) is 19.3 Å². The van der Waals surface area contributed by atoms with Crippen molar-refractivity contribution in [2.75, 3.05) is 34.0 Å². The highest BCUT2D eigenvalue weighted by molar-refractivity contribution is 7.92. The summed E-state index contributed by atoms with van der Waals surface area (Å²) in [5.41, 5.74) is 5.23. The van der Waals surface area contributed by atoms with Crippen LogP contribution in [0.4, 0.5) is 42.4 Å². The highest BCUT2D eigenvalue weighted by atomic mass is 32.2. The van der Waals surface area contributed by atoms with Crippen molar-refractivity contribution in [2.45, 2.75) is 12.7 Å². The summed E-state index contributed by atoms with van der Waals surface area (Å²) < 4.78 is 65.3. The average Bonchev–Trinajstić information content (AvgIpc) is 2.70. The number of rotatable bonds is 7. The summed E-state index contributed by atoms with van der Waals surface area (Å²) in [7, 11) is -2.22. The number of hydrogen-bond donors (Lipinski definition) is 3. The van der Waals surface area contributed by atoms with Gasteiger partial charge in [-0.3, -0.25) is 9.62 Å². The largest absolute Gasteiger partial charge is 0.421 e. The molecule has 0 amide bonds. The van der Waals surface area contributed by atoms with Crippen LogP contribution in [-0.4, -0.2) is 41.7 Å². The van der Waals surface area contributed by atoms with Crippen molar-refractivity contribution in [1.29, 1.82) is 0 Å². The van der Waals surface area contributed by atoms with E-state index in [0.29, 0.717) is 17.4 Å². The standard InChI is InChI=1S/C18H19F3N8O2S/c1-29(32(2,30)31)13-6-4-3-5-11(13)9-24-15-12(18(19,20)21)10-25-17(27-15)28-16-23-8-7-14(22)26-16/h3-8,10H,9H2,1-2H3,(H4,22,23,24,25,26,27,28). The van der Waals surface area contributed by atoms with E-state index in [0.717, 1.165) is 10.6 Å². The average molecular weight is 468 g/mol. The monoisotopic (exact) mass is 468 g/mol. The number of nitrogens with one attached hydrogen (secondary N) is 2. The summed E-state index contributed by atoms with van der Waals surface area (Å²) in [5.74, 6) is -0.529. The highest BCUT2D eigenvalue weighted by Gasteiger charge is 2.35. The Morgan fingerprint density at radius 3 is 2.44 bits per heavy atom. The van der Waals surface area contributed by atoms with Gasteiger partial charge in [0.05, 0.1) is 11.9 Å². The molecule has 0 atom stereocenters. The Morgan fingerprint density at radius 2 is 1.78 bits per heavy atom. The molecule has 0 aliphatic carbocycles. The number of nitrogens with two attached hydrogens (primary N) is 1. The molecule has 0 radical (unpaired) electrons. The van der Waals surface area contributed by atoms with Crippen molar-refractivity contribution in [3.63, 3.8) is 0 Å². The topological polar surface area (TPSA) is 139 Å². The lowest BCUT2D eigenvalue weighted by molar-refractivity contribution is -0.137. The first-order chi connectivity index (χ1) is 14.9. The zero-order chi connectivity index (χ0) is 23.5. The molecule has 32 heavy (non-hydrogen) atoms. The number of para-hydroxylation sites is 1. The molecule has 0 aliphatic rings. The minimum atomic E-state index is -4.72. The molecule has 1 aromatic carbocycles. The Morgan fingerprint density at radius 1 is 1.09 bits per heavy atom. The molecular weight excluding hydrogens is 449 g/mol. The molecular formula is C18H19F3N8O2S. The molecule has 0 unspecified atom stereocenters. The lowest BCUT2D eigenvalue weighted by atomic mass is 10.1. The van der Waals surface area contributed by atoms with Crippen molar-refractivity contribution in [1.82, 2.24) is 19.9 Å². The van der Waals surface area contributed by atoms with Crippen LogP contribution in [0.5, 0.6) is 0 Å². The van der Waals surface area contributed by atoms with Gasteiger partial charge in [0.15, 0.2) is 0 Å². The molecule has 3 rings (SSSR count). The smallest absolute Gasteiger partial charge is 0.384 e. The number of aromatic nitrogens is 4. The molecule has 0 bridgehead atoms. The molecule has 3 aromatic rings. The molecule has 0 saturated carbocycles. The maximum absolute atomic E-state index is 13.5. The predicted molar refractivity (Wildman–Crippen MR) is 114 cm³/mol. The Hall–Kier alpha value is -3.68. The Bertz CT molecular complexity index is 1220. The van der Waals surface area contributed by atoms with Gasteiger partial charge in [0.25, 0.3) is 0 Å². The van der Waals surface area contributed by atoms with Gasteiger partial charge in [-0.1, -0.05) is 18.2 Å². The zero-order valence-electron chi connectivity index (χ0n) is 16.9. The second-order valence-electron chi connectivity index (χ2n) is 6.60. The molecule has 0 saturated heterocycles. The highest BCUT2D eigenvalue weighted by Crippen LogP contribution is 2.34. The maximum atomic E-state index is 13.5. The van der Waals surface area contributed by atoms with Crippen molar-refractivity contribution in [3.05, 3.63) is 53.9 Å². The van der Waals surface area contributed by atoms with E-state index in [2.05, 4.69) is 30.6 Å². The van der Waals surface area contributed by atoms with E-state index in [1.807, 2.05) is 0 Å². The van der Waals surface area contributed by atoms with Gasteiger partial charge in [-0.05, 0) is 17.7 Å². The maximum Gasteiger partial charge on any atom is 0.421 e. The van der Waals surface area contributed by atoms with Crippen LogP contribution >= 0.6 is 0 Å². The van der Waals surface area contributed by atoms with Crippen LogP contribution in [0, 0.1) is 0 Å². The summed E-state index contributed by atoms with van der Waals surface area (Å²) in [6.07, 6.45) is -1.71. The first kappa shape index (κ1) is 23.0. The van der Waals surface area contributed by atoms with Crippen molar-refractivity contribution < 1.29 is 21.6 Å². The normalized spacial score (nSPS) is 11.8. The third-order valence-corrected chi connectivity index (χ3v) is 5.46. The third-order valence-electron chi connectivity index (χ3n) is 4.27. The van der Waals surface area contributed by atoms with Crippen molar-refractivity contribution in [3.8, 4) is 0 Å². The van der Waals surface area contributed by atoms with E-state index < -0.39 is 27.6 Å². The van der Waals surface area contributed by atoms with E-state index in [9.17, 15) is 21.6 Å². The fourth-order valence-electron chi connectivity index (χ4n) is 2.64. The first-order valence-corrected chi connectivity index (χ1v) is 10.9. The number of nitrogens with zero attached hydrogens (tertiary/aromatic N) is 5. The zero-order valence-corrected chi connectivity index (χ0v) is 17.7. The SMILES string of the molecule is CN(c1ccccc1CNc1nc(Nc2nccc(N)n2)ncc1C(F)(F)F)S(C)(=O)=O. The van der Waals surface area contributed by atoms with Crippen LogP contribution in [0.3, 0.4) is 0 Å². The molecule has 170 valence electrons. The second-order valence-corrected chi connectivity index (χ2v) is 8.61. The molecule has 10 nitrogen and oxygen atoms in total. The van der Waals surface area contributed by atoms with Gasteiger partial charge >= 0.3 is 6.18 Å². The summed E-state index contributed by atoms with van der Waals surface area (Å²) in [6.45, 7) is -0.135. The fraction of sp³-hybridized carbons (Fsp3) is 0.222. The lowest BCUT2D eigenvalue weighted by Crippen LogP contribution is -2.26. The van der Waals surface area contributed by atoms with Crippen LogP contribution in [0.1, 0.15) is 11.1 Å². The number of benzene rings is 1. The number of nitrogen functional groups attached to an aromatic ring is 1. The number of sulfonamides is 1. The first-order valence-electron chi connectivity index (χ1n) is 9.00. The van der Waals surface area contributed by atoms with E-state index in [-0.39, 0.29) is 24.3 Å². The van der Waals surface area contributed by atoms with Crippen molar-refractivity contribution >= 4 is 39.2 Å². The van der Waals surface area contributed by atoms with Crippen LogP contribution < -0.4 is 20.7 Å². The van der Waals surface area contributed by atoms with Crippen LogP contribution in [-0.2, 0) is 22.7 Å². The van der Waals surface area contributed by atoms with Gasteiger partial charge in [0.2, 0.25) is 21.9 Å². The summed E-state index contributed by atoms with van der Waals surface area (Å²) in [5, 5.41) is 5.21. The van der Waals surface area contributed by atoms with Crippen LogP contribution in [0.25, 0.3) is 0 Å². The van der Waals surface area contributed by atoms with Crippen LogP contribution in [0.15, 0.2) is 42.7 Å². The van der Waals surface area contributed by atoms with E-state index >= 15 is 0 Å². The molecule has 0 spiro atoms. The van der Waals surface area contributed by atoms with Gasteiger partial charge in [-0.15, -0.1) is 0 Å². The van der Waals surface area contributed by atoms with Crippen LogP contribution in [0.2, 0.25) is 0 Å². The van der Waals surface area contributed by atoms with Gasteiger partial charge in [0, 0.05) is 26.0 Å². The van der Waals surface area contributed by atoms with E-state index in [4.69, 9.17) is 5.73 Å². The number of halogens is 3. The second kappa shape index (κ2) is 8.82. The minimum absolute atomic E-state index is 0.0100. The van der Waals surface area contributed by atoms with Gasteiger partial charge in [-0.25, -0.2) is 18.4 Å².